The summed E-state index contributed by atoms with van der Waals surface area (Å²) in [7, 11) is 1.59. The molecule has 0 amide bonds. The molecule has 170 valence electrons. The van der Waals surface area contributed by atoms with Gasteiger partial charge in [-0.3, -0.25) is 0 Å². The summed E-state index contributed by atoms with van der Waals surface area (Å²) in [6.07, 6.45) is 2.26. The maximum atomic E-state index is 14.7. The summed E-state index contributed by atoms with van der Waals surface area (Å²) in [4.78, 5) is 0. The number of hydrogen-bond acceptors (Lipinski definition) is 4. The quantitative estimate of drug-likeness (QED) is 0.309. The van der Waals surface area contributed by atoms with Crippen molar-refractivity contribution in [1.29, 1.82) is 0 Å². The van der Waals surface area contributed by atoms with Crippen molar-refractivity contribution in [2.45, 2.75) is 39.2 Å². The van der Waals surface area contributed by atoms with Crippen LogP contribution >= 0.6 is 0 Å². The zero-order valence-corrected chi connectivity index (χ0v) is 19.4. The van der Waals surface area contributed by atoms with Crippen molar-refractivity contribution in [3.05, 3.63) is 101 Å². The summed E-state index contributed by atoms with van der Waals surface area (Å²) < 4.78 is 31.0. The molecule has 0 saturated carbocycles. The van der Waals surface area contributed by atoms with Crippen LogP contribution in [0.1, 0.15) is 43.2 Å². The van der Waals surface area contributed by atoms with E-state index >= 15 is 0 Å². The second kappa shape index (κ2) is 9.49. The van der Waals surface area contributed by atoms with Gasteiger partial charge in [0, 0.05) is 18.1 Å². The number of methoxy groups -OCH3 is 1. The SMILES string of the molecule is COc1ccc(F)c(-c2ccc(COc3cccc(Cc4ccon4)c3)cc2C(C)(C)C)c1. The molecule has 1 heterocycles. The Morgan fingerprint density at radius 2 is 1.73 bits per heavy atom. The number of rotatable bonds is 7. The topological polar surface area (TPSA) is 44.5 Å². The molecule has 0 radical (unpaired) electrons. The van der Waals surface area contributed by atoms with E-state index in [9.17, 15) is 4.39 Å². The molecule has 0 fully saturated rings. The van der Waals surface area contributed by atoms with E-state index in [1.165, 1.54) is 6.07 Å². The molecule has 0 N–H and O–H groups in total. The largest absolute Gasteiger partial charge is 0.497 e. The molecule has 0 aliphatic carbocycles. The first-order chi connectivity index (χ1) is 15.8. The average molecular weight is 446 g/mol. The van der Waals surface area contributed by atoms with Gasteiger partial charge in [0.2, 0.25) is 0 Å². The van der Waals surface area contributed by atoms with Crippen LogP contribution in [-0.2, 0) is 18.4 Å². The Labute approximate surface area is 194 Å². The van der Waals surface area contributed by atoms with Crippen LogP contribution in [0.4, 0.5) is 4.39 Å². The fourth-order valence-corrected chi connectivity index (χ4v) is 3.82. The summed E-state index contributed by atoms with van der Waals surface area (Å²) in [6.45, 7) is 6.79. The van der Waals surface area contributed by atoms with Gasteiger partial charge in [-0.05, 0) is 58.0 Å². The lowest BCUT2D eigenvalue weighted by molar-refractivity contribution is 0.305. The van der Waals surface area contributed by atoms with Crippen molar-refractivity contribution in [2.24, 2.45) is 0 Å². The molecule has 5 heteroatoms. The monoisotopic (exact) mass is 445 g/mol. The molecular weight excluding hydrogens is 417 g/mol. The number of ether oxygens (including phenoxy) is 2. The Hall–Kier alpha value is -3.60. The highest BCUT2D eigenvalue weighted by Crippen LogP contribution is 2.36. The van der Waals surface area contributed by atoms with E-state index in [1.54, 1.807) is 25.5 Å². The smallest absolute Gasteiger partial charge is 0.131 e. The lowest BCUT2D eigenvalue weighted by Crippen LogP contribution is -2.14. The Balaban J connectivity index is 1.57. The molecule has 0 bridgehead atoms. The molecule has 3 aromatic carbocycles. The minimum Gasteiger partial charge on any atom is -0.497 e. The highest BCUT2D eigenvalue weighted by atomic mass is 19.1. The van der Waals surface area contributed by atoms with E-state index in [0.717, 1.165) is 33.7 Å². The average Bonchev–Trinajstić information content (AvgIpc) is 3.31. The molecule has 0 aliphatic heterocycles. The Bertz CT molecular complexity index is 1230. The molecule has 4 aromatic rings. The van der Waals surface area contributed by atoms with E-state index in [0.29, 0.717) is 24.3 Å². The van der Waals surface area contributed by atoms with Gasteiger partial charge in [0.15, 0.2) is 0 Å². The normalized spacial score (nSPS) is 11.4. The molecule has 4 nitrogen and oxygen atoms in total. The maximum Gasteiger partial charge on any atom is 0.131 e. The van der Waals surface area contributed by atoms with E-state index in [1.807, 2.05) is 42.5 Å². The third-order valence-electron chi connectivity index (χ3n) is 5.54. The summed E-state index contributed by atoms with van der Waals surface area (Å²) >= 11 is 0. The minimum atomic E-state index is -0.269. The third-order valence-corrected chi connectivity index (χ3v) is 5.54. The molecule has 0 atom stereocenters. The van der Waals surface area contributed by atoms with E-state index in [4.69, 9.17) is 14.0 Å². The number of aromatic nitrogens is 1. The van der Waals surface area contributed by atoms with Gasteiger partial charge < -0.3 is 14.0 Å². The van der Waals surface area contributed by atoms with Crippen LogP contribution < -0.4 is 9.47 Å². The van der Waals surface area contributed by atoms with Gasteiger partial charge in [0.05, 0.1) is 12.8 Å². The summed E-state index contributed by atoms with van der Waals surface area (Å²) in [5.74, 6) is 1.15. The van der Waals surface area contributed by atoms with Gasteiger partial charge in [0.25, 0.3) is 0 Å². The fraction of sp³-hybridized carbons (Fsp3) is 0.250. The molecule has 0 spiro atoms. The maximum absolute atomic E-state index is 14.7. The minimum absolute atomic E-state index is 0.182. The zero-order chi connectivity index (χ0) is 23.4. The Kier molecular flexibility index (Phi) is 6.50. The van der Waals surface area contributed by atoms with Crippen LogP contribution in [-0.4, -0.2) is 12.3 Å². The first-order valence-electron chi connectivity index (χ1n) is 10.9. The third kappa shape index (κ3) is 5.43. The predicted octanol–water partition coefficient (Wildman–Crippen LogP) is 6.96. The van der Waals surface area contributed by atoms with Crippen LogP contribution in [0, 0.1) is 5.82 Å². The summed E-state index contributed by atoms with van der Waals surface area (Å²) in [5, 5.41) is 3.97. The van der Waals surface area contributed by atoms with Gasteiger partial charge in [-0.1, -0.05) is 56.3 Å². The van der Waals surface area contributed by atoms with Crippen molar-refractivity contribution in [1.82, 2.24) is 5.16 Å². The van der Waals surface area contributed by atoms with Crippen molar-refractivity contribution >= 4 is 0 Å². The van der Waals surface area contributed by atoms with Crippen molar-refractivity contribution in [3.8, 4) is 22.6 Å². The van der Waals surface area contributed by atoms with Crippen LogP contribution in [0.5, 0.6) is 11.5 Å². The van der Waals surface area contributed by atoms with Crippen LogP contribution in [0.3, 0.4) is 0 Å². The molecule has 33 heavy (non-hydrogen) atoms. The number of halogens is 1. The van der Waals surface area contributed by atoms with Gasteiger partial charge >= 0.3 is 0 Å². The molecule has 0 aliphatic rings. The van der Waals surface area contributed by atoms with Crippen molar-refractivity contribution < 1.29 is 18.4 Å². The number of benzene rings is 3. The summed E-state index contributed by atoms with van der Waals surface area (Å²) in [6, 6.07) is 20.7. The van der Waals surface area contributed by atoms with Gasteiger partial charge in [0.1, 0.15) is 30.2 Å². The Morgan fingerprint density at radius 3 is 2.45 bits per heavy atom. The lowest BCUT2D eigenvalue weighted by Gasteiger charge is -2.24. The fourth-order valence-electron chi connectivity index (χ4n) is 3.82. The molecule has 1 aromatic heterocycles. The summed E-state index contributed by atoms with van der Waals surface area (Å²) in [5.41, 5.74) is 5.26. The van der Waals surface area contributed by atoms with E-state index in [2.05, 4.69) is 32.0 Å². The first kappa shape index (κ1) is 22.6. The van der Waals surface area contributed by atoms with Crippen LogP contribution in [0.2, 0.25) is 0 Å². The highest BCUT2D eigenvalue weighted by Gasteiger charge is 2.21. The highest BCUT2D eigenvalue weighted by molar-refractivity contribution is 5.71. The Morgan fingerprint density at radius 1 is 0.879 bits per heavy atom. The molecule has 4 rings (SSSR count). The molecular formula is C28H28FNO3. The van der Waals surface area contributed by atoms with E-state index < -0.39 is 0 Å². The van der Waals surface area contributed by atoms with Gasteiger partial charge in [-0.2, -0.15) is 0 Å². The second-order valence-electron chi connectivity index (χ2n) is 9.08. The van der Waals surface area contributed by atoms with E-state index in [-0.39, 0.29) is 11.2 Å². The molecule has 0 saturated heterocycles. The van der Waals surface area contributed by atoms with Crippen LogP contribution in [0.15, 0.2) is 77.5 Å². The van der Waals surface area contributed by atoms with Crippen molar-refractivity contribution in [3.63, 3.8) is 0 Å². The second-order valence-corrected chi connectivity index (χ2v) is 9.08. The van der Waals surface area contributed by atoms with Crippen molar-refractivity contribution in [2.75, 3.05) is 7.11 Å². The molecule has 0 unspecified atom stereocenters. The standard InChI is InChI=1S/C28H28FNO3/c1-28(2,3)26-16-20(8-10-24(26)25-17-22(31-4)9-11-27(25)29)18-32-23-7-5-6-19(15-23)14-21-12-13-33-30-21/h5-13,15-17H,14,18H2,1-4H3. The lowest BCUT2D eigenvalue weighted by atomic mass is 9.81. The van der Waals surface area contributed by atoms with Gasteiger partial charge in [-0.15, -0.1) is 0 Å². The first-order valence-corrected chi connectivity index (χ1v) is 10.9. The number of hydrogen-bond donors (Lipinski definition) is 0. The zero-order valence-electron chi connectivity index (χ0n) is 19.4. The van der Waals surface area contributed by atoms with Gasteiger partial charge in [-0.25, -0.2) is 4.39 Å². The predicted molar refractivity (Wildman–Crippen MR) is 127 cm³/mol. The van der Waals surface area contributed by atoms with Crippen LogP contribution in [0.25, 0.3) is 11.1 Å². The number of nitrogens with zero attached hydrogens (tertiary/aromatic N) is 1.